The van der Waals surface area contributed by atoms with Gasteiger partial charge in [0.15, 0.2) is 18.1 Å². The Balaban J connectivity index is 2.77. The fraction of sp³-hybridized carbons (Fsp3) is 0.267. The average molecular weight is 338 g/mol. The van der Waals surface area contributed by atoms with E-state index in [1.165, 1.54) is 27.4 Å². The van der Waals surface area contributed by atoms with Crippen LogP contribution in [-0.4, -0.2) is 45.8 Å². The largest absolute Gasteiger partial charge is 0.493 e. The van der Waals surface area contributed by atoms with Crippen LogP contribution in [-0.2, 0) is 14.3 Å². The smallest absolute Gasteiger partial charge is 0.331 e. The molecule has 0 saturated carbocycles. The minimum atomic E-state index is -1.02. The number of amides is 3. The molecule has 0 aliphatic rings. The zero-order valence-electron chi connectivity index (χ0n) is 13.5. The molecular formula is C15H18N2O7. The number of nitrogens with two attached hydrogens (primary N) is 1. The van der Waals surface area contributed by atoms with E-state index < -0.39 is 24.5 Å². The highest BCUT2D eigenvalue weighted by molar-refractivity contribution is 5.95. The number of ether oxygens (including phenoxy) is 4. The molecule has 1 rings (SSSR count). The highest BCUT2D eigenvalue weighted by Crippen LogP contribution is 2.38. The molecule has 0 heterocycles. The highest BCUT2D eigenvalue weighted by atomic mass is 16.5. The lowest BCUT2D eigenvalue weighted by molar-refractivity contribution is -0.143. The van der Waals surface area contributed by atoms with Gasteiger partial charge in [0.25, 0.3) is 5.91 Å². The van der Waals surface area contributed by atoms with E-state index in [2.05, 4.69) is 4.74 Å². The summed E-state index contributed by atoms with van der Waals surface area (Å²) in [7, 11) is 4.41. The average Bonchev–Trinajstić information content (AvgIpc) is 2.56. The van der Waals surface area contributed by atoms with Gasteiger partial charge < -0.3 is 24.7 Å². The number of nitrogens with one attached hydrogen (secondary N) is 1. The molecule has 24 heavy (non-hydrogen) atoms. The number of imide groups is 1. The normalized spacial score (nSPS) is 10.1. The molecule has 0 aromatic heterocycles. The summed E-state index contributed by atoms with van der Waals surface area (Å²) in [6.45, 7) is -0.624. The van der Waals surface area contributed by atoms with Gasteiger partial charge in [-0.25, -0.2) is 9.59 Å². The Morgan fingerprint density at radius 1 is 1.08 bits per heavy atom. The zero-order valence-corrected chi connectivity index (χ0v) is 13.5. The second-order valence-electron chi connectivity index (χ2n) is 4.31. The number of methoxy groups -OCH3 is 3. The molecule has 0 aliphatic carbocycles. The Hall–Kier alpha value is -3.23. The third-order valence-electron chi connectivity index (χ3n) is 2.71. The molecule has 0 spiro atoms. The minimum Gasteiger partial charge on any atom is -0.493 e. The summed E-state index contributed by atoms with van der Waals surface area (Å²) in [5.74, 6) is -0.334. The van der Waals surface area contributed by atoms with Crippen LogP contribution in [0.5, 0.6) is 17.2 Å². The molecule has 0 atom stereocenters. The van der Waals surface area contributed by atoms with E-state index in [-0.39, 0.29) is 0 Å². The summed E-state index contributed by atoms with van der Waals surface area (Å²) in [5, 5.41) is 1.77. The van der Waals surface area contributed by atoms with Crippen LogP contribution >= 0.6 is 0 Å². The van der Waals surface area contributed by atoms with Crippen molar-refractivity contribution in [2.45, 2.75) is 0 Å². The number of carbonyl (C=O) groups is 3. The van der Waals surface area contributed by atoms with Gasteiger partial charge in [0.2, 0.25) is 5.75 Å². The lowest BCUT2D eigenvalue weighted by Gasteiger charge is -2.12. The second-order valence-corrected chi connectivity index (χ2v) is 4.31. The number of rotatable bonds is 7. The first-order valence-corrected chi connectivity index (χ1v) is 6.65. The molecule has 0 radical (unpaired) electrons. The van der Waals surface area contributed by atoms with Crippen LogP contribution in [0.4, 0.5) is 4.79 Å². The van der Waals surface area contributed by atoms with Crippen molar-refractivity contribution < 1.29 is 33.3 Å². The SMILES string of the molecule is COc1cc(/C=C/C(=O)OCC(=O)NC(N)=O)cc(OC)c1OC. The van der Waals surface area contributed by atoms with Crippen molar-refractivity contribution in [2.75, 3.05) is 27.9 Å². The molecule has 1 aromatic rings. The van der Waals surface area contributed by atoms with Crippen molar-refractivity contribution in [3.63, 3.8) is 0 Å². The van der Waals surface area contributed by atoms with Crippen molar-refractivity contribution in [3.05, 3.63) is 23.8 Å². The van der Waals surface area contributed by atoms with Gasteiger partial charge in [0.05, 0.1) is 21.3 Å². The summed E-state index contributed by atoms with van der Waals surface area (Å²) >= 11 is 0. The number of esters is 1. The van der Waals surface area contributed by atoms with E-state index in [1.54, 1.807) is 17.4 Å². The summed E-state index contributed by atoms with van der Waals surface area (Å²) in [5.41, 5.74) is 5.34. The van der Waals surface area contributed by atoms with Crippen molar-refractivity contribution in [1.82, 2.24) is 5.32 Å². The fourth-order valence-electron chi connectivity index (χ4n) is 1.72. The topological polar surface area (TPSA) is 126 Å². The third-order valence-corrected chi connectivity index (χ3v) is 2.71. The quantitative estimate of drug-likeness (QED) is 0.546. The predicted octanol–water partition coefficient (Wildman–Crippen LogP) is 0.464. The van der Waals surface area contributed by atoms with Crippen LogP contribution in [0.3, 0.4) is 0 Å². The van der Waals surface area contributed by atoms with Crippen LogP contribution in [0, 0.1) is 0 Å². The van der Waals surface area contributed by atoms with E-state index >= 15 is 0 Å². The van der Waals surface area contributed by atoms with Crippen LogP contribution in [0.1, 0.15) is 5.56 Å². The van der Waals surface area contributed by atoms with Gasteiger partial charge in [-0.15, -0.1) is 0 Å². The van der Waals surface area contributed by atoms with Crippen molar-refractivity contribution in [2.24, 2.45) is 5.73 Å². The van der Waals surface area contributed by atoms with Crippen molar-refractivity contribution >= 4 is 24.0 Å². The standard InChI is InChI=1S/C15H18N2O7/c1-21-10-6-9(7-11(22-2)14(10)23-3)4-5-13(19)24-8-12(18)17-15(16)20/h4-7H,8H2,1-3H3,(H3,16,17,18,20)/b5-4+. The molecule has 130 valence electrons. The second kappa shape index (κ2) is 9.03. The Morgan fingerprint density at radius 3 is 2.12 bits per heavy atom. The number of carbonyl (C=O) groups excluding carboxylic acids is 3. The summed E-state index contributed by atoms with van der Waals surface area (Å²) < 4.78 is 20.2. The molecule has 3 amide bonds. The Labute approximate surface area is 138 Å². The maximum absolute atomic E-state index is 11.5. The first-order chi connectivity index (χ1) is 11.4. The van der Waals surface area contributed by atoms with E-state index in [0.29, 0.717) is 22.8 Å². The van der Waals surface area contributed by atoms with Crippen LogP contribution in [0.2, 0.25) is 0 Å². The van der Waals surface area contributed by atoms with Crippen LogP contribution in [0.15, 0.2) is 18.2 Å². The van der Waals surface area contributed by atoms with Gasteiger partial charge in [-0.05, 0) is 23.8 Å². The molecule has 0 saturated heterocycles. The number of hydrogen-bond donors (Lipinski definition) is 2. The number of hydrogen-bond acceptors (Lipinski definition) is 7. The molecule has 1 aromatic carbocycles. The highest BCUT2D eigenvalue weighted by Gasteiger charge is 2.12. The summed E-state index contributed by atoms with van der Waals surface area (Å²) in [6.07, 6.45) is 2.55. The molecule has 0 bridgehead atoms. The Bertz CT molecular complexity index is 630. The zero-order chi connectivity index (χ0) is 18.1. The Kier molecular flexibility index (Phi) is 7.08. The maximum Gasteiger partial charge on any atom is 0.331 e. The summed E-state index contributed by atoms with van der Waals surface area (Å²) in [4.78, 5) is 33.1. The van der Waals surface area contributed by atoms with Gasteiger partial charge in [-0.2, -0.15) is 0 Å². The van der Waals surface area contributed by atoms with Crippen molar-refractivity contribution in [3.8, 4) is 17.2 Å². The van der Waals surface area contributed by atoms with E-state index in [1.807, 2.05) is 0 Å². The van der Waals surface area contributed by atoms with Gasteiger partial charge in [-0.1, -0.05) is 0 Å². The van der Waals surface area contributed by atoms with Gasteiger partial charge in [0.1, 0.15) is 0 Å². The molecule has 0 unspecified atom stereocenters. The van der Waals surface area contributed by atoms with Gasteiger partial charge in [-0.3, -0.25) is 10.1 Å². The van der Waals surface area contributed by atoms with E-state index in [4.69, 9.17) is 19.9 Å². The number of primary amides is 1. The number of benzene rings is 1. The molecule has 3 N–H and O–H groups in total. The monoisotopic (exact) mass is 338 g/mol. The maximum atomic E-state index is 11.5. The third kappa shape index (κ3) is 5.52. The van der Waals surface area contributed by atoms with Gasteiger partial charge in [0, 0.05) is 6.08 Å². The van der Waals surface area contributed by atoms with Crippen LogP contribution in [0.25, 0.3) is 6.08 Å². The lowest BCUT2D eigenvalue weighted by atomic mass is 10.1. The minimum absolute atomic E-state index is 0.419. The first kappa shape index (κ1) is 18.8. The lowest BCUT2D eigenvalue weighted by Crippen LogP contribution is -2.37. The van der Waals surface area contributed by atoms with E-state index in [0.717, 1.165) is 6.08 Å². The van der Waals surface area contributed by atoms with E-state index in [9.17, 15) is 14.4 Å². The molecule has 9 nitrogen and oxygen atoms in total. The first-order valence-electron chi connectivity index (χ1n) is 6.65. The summed E-state index contributed by atoms with van der Waals surface area (Å²) in [6, 6.07) is 2.24. The van der Waals surface area contributed by atoms with Crippen molar-refractivity contribution in [1.29, 1.82) is 0 Å². The van der Waals surface area contributed by atoms with Crippen LogP contribution < -0.4 is 25.3 Å². The number of urea groups is 1. The molecular weight excluding hydrogens is 320 g/mol. The van der Waals surface area contributed by atoms with Gasteiger partial charge >= 0.3 is 12.0 Å². The Morgan fingerprint density at radius 2 is 1.67 bits per heavy atom. The predicted molar refractivity (Wildman–Crippen MR) is 83.8 cm³/mol. The molecule has 0 aliphatic heterocycles. The fourth-order valence-corrected chi connectivity index (χ4v) is 1.72. The molecule has 9 heteroatoms. The molecule has 0 fully saturated rings.